The SMILES string of the molecule is C1CCOC1.C=C(C)C(=O)OCCNC(=O)OCC(CN(C)C)OC(=O)NCCOC(=O)C(=C)C.C=C(C)C(=O)OCCNC(=O)OCC(C[N+](C)(C)CCCCS(=O)(=O)[O-])OC(=O)NCCOC(=O)C(=C)C.C=C(C)C(=O)OCCOC#N.CN(C)CC(O)CO.CO.O=S1(=O)CCCCO1. The van der Waals surface area contributed by atoms with Crippen LogP contribution in [0.25, 0.3) is 0 Å². The lowest BCUT2D eigenvalue weighted by molar-refractivity contribution is -0.893. The molecular formula is C63H112N8O29S2. The summed E-state index contributed by atoms with van der Waals surface area (Å²) in [6.45, 7) is 27.9. The molecule has 7 N–H and O–H groups in total. The van der Waals surface area contributed by atoms with Gasteiger partial charge in [0.15, 0.2) is 12.2 Å². The zero-order valence-electron chi connectivity index (χ0n) is 61.1. The molecule has 0 aromatic heterocycles. The van der Waals surface area contributed by atoms with Gasteiger partial charge in [-0.25, -0.2) is 51.6 Å². The smallest absolute Gasteiger partial charge is 0.407 e. The number of aliphatic hydroxyl groups is 3. The molecule has 2 rings (SSSR count). The number of aliphatic hydroxyl groups excluding tert-OH is 3. The summed E-state index contributed by atoms with van der Waals surface area (Å²) in [7, 11) is 4.43. The molecule has 590 valence electrons. The number of amides is 4. The number of carbonyl (C=O) groups excluding carboxylic acids is 9. The lowest BCUT2D eigenvalue weighted by Gasteiger charge is -2.33. The van der Waals surface area contributed by atoms with Crippen LogP contribution >= 0.6 is 0 Å². The van der Waals surface area contributed by atoms with E-state index in [9.17, 15) is 64.5 Å². The van der Waals surface area contributed by atoms with Gasteiger partial charge < -0.3 is 108 Å². The fourth-order valence-corrected chi connectivity index (χ4v) is 8.19. The Morgan fingerprint density at radius 1 is 0.569 bits per heavy atom. The van der Waals surface area contributed by atoms with Gasteiger partial charge in [-0.15, -0.1) is 0 Å². The van der Waals surface area contributed by atoms with Crippen LogP contribution in [-0.2, 0) is 100 Å². The van der Waals surface area contributed by atoms with Gasteiger partial charge in [-0.3, -0.25) is 4.18 Å². The highest BCUT2D eigenvalue weighted by atomic mass is 32.2. The third kappa shape index (κ3) is 71.8. The van der Waals surface area contributed by atoms with Crippen LogP contribution in [0.4, 0.5) is 19.2 Å². The standard InChI is InChI=1S/C23H39N3O11S.C19H31N3O8.C7H9NO3.C5H13NO2.C4H8O3S.C4H8O.CH4O/c1-17(2)20(27)34-12-9-24-22(29)36-16-19(15-26(5,6)11-7-8-14-38(31,32)33)37-23(30)25-10-13-35-21(28)18(3)4;1-13(2)16(23)27-9-7-20-18(25)29-12-15(11-22(5)6)30-19(26)21-8-10-28-17(24)14(3)4;1-6(2)7(9)11-4-3-10-5-8;1-6(2)3-5(8)4-7;5-8(6)4-2-1-3-7-8;1-2-4-5-3-1;1-2/h19H,1,3,7-16H2,2,4-6H3,(H2-,24,25,29,30,31,32,33);15H,1,3,7-12H2,2,4-6H3,(H,20,25)(H,21,26);1,3-4H2,2H3;5,7-8H,3-4H2,1-2H3;1-4H2;1-4H2;2H,1H3. The van der Waals surface area contributed by atoms with Gasteiger partial charge in [-0.2, -0.15) is 13.7 Å². The van der Waals surface area contributed by atoms with E-state index in [2.05, 4.69) is 67.8 Å². The van der Waals surface area contributed by atoms with Gasteiger partial charge in [-0.1, -0.05) is 32.9 Å². The van der Waals surface area contributed by atoms with Gasteiger partial charge in [0.1, 0.15) is 59.4 Å². The zero-order valence-corrected chi connectivity index (χ0v) is 62.8. The van der Waals surface area contributed by atoms with E-state index in [-0.39, 0.29) is 131 Å². The van der Waals surface area contributed by atoms with Crippen molar-refractivity contribution in [2.75, 3.05) is 193 Å². The largest absolute Gasteiger partial charge is 0.748 e. The van der Waals surface area contributed by atoms with E-state index >= 15 is 0 Å². The van der Waals surface area contributed by atoms with Gasteiger partial charge in [0.25, 0.3) is 16.4 Å². The topological polar surface area (TPSA) is 495 Å². The molecule has 0 radical (unpaired) electrons. The van der Waals surface area contributed by atoms with Crippen molar-refractivity contribution in [3.63, 3.8) is 0 Å². The first-order chi connectivity index (χ1) is 47.6. The fourth-order valence-electron chi connectivity index (χ4n) is 6.58. The molecule has 0 aromatic carbocycles. The first-order valence-corrected chi connectivity index (χ1v) is 34.8. The number of unbranched alkanes of at least 4 members (excludes halogenated alkanes) is 1. The van der Waals surface area contributed by atoms with E-state index < -0.39 is 98.5 Å². The second-order valence-corrected chi connectivity index (χ2v) is 26.0. The van der Waals surface area contributed by atoms with Crippen LogP contribution in [0.3, 0.4) is 0 Å². The number of alkyl carbamates (subject to hydrolysis) is 4. The Labute approximate surface area is 600 Å². The monoisotopic (exact) mass is 1510 g/mol. The molecule has 37 nitrogen and oxygen atoms in total. The average Bonchev–Trinajstić information content (AvgIpc) is 0.945. The predicted octanol–water partition coefficient (Wildman–Crippen LogP) is 1.09. The summed E-state index contributed by atoms with van der Waals surface area (Å²) in [6, 6.07) is 0. The number of hydrogen-bond donors (Lipinski definition) is 7. The number of rotatable bonds is 38. The Kier molecular flexibility index (Phi) is 63.1. The molecule has 0 bridgehead atoms. The van der Waals surface area contributed by atoms with Crippen molar-refractivity contribution in [1.29, 1.82) is 5.26 Å². The minimum Gasteiger partial charge on any atom is -0.748 e. The highest BCUT2D eigenvalue weighted by Gasteiger charge is 2.27. The summed E-state index contributed by atoms with van der Waals surface area (Å²) in [5.74, 6) is -3.04. The van der Waals surface area contributed by atoms with Crippen molar-refractivity contribution in [2.24, 2.45) is 0 Å². The van der Waals surface area contributed by atoms with Crippen molar-refractivity contribution < 1.29 is 141 Å². The van der Waals surface area contributed by atoms with Gasteiger partial charge in [0.05, 0.1) is 82.0 Å². The molecule has 2 aliphatic rings. The van der Waals surface area contributed by atoms with E-state index in [0.717, 1.165) is 33.2 Å². The first kappa shape index (κ1) is 103. The fraction of sp³-hybridized carbons (Fsp3) is 0.683. The normalized spacial score (nSPS) is 13.1. The molecular weight excluding hydrogens is 1400 g/mol. The van der Waals surface area contributed by atoms with Gasteiger partial charge >= 0.3 is 54.2 Å². The lowest BCUT2D eigenvalue weighted by Crippen LogP contribution is -2.49. The van der Waals surface area contributed by atoms with Gasteiger partial charge in [-0.05, 0) is 101 Å². The molecule has 0 saturated carbocycles. The van der Waals surface area contributed by atoms with Crippen LogP contribution in [0.1, 0.15) is 73.1 Å². The maximum atomic E-state index is 12.3. The van der Waals surface area contributed by atoms with Crippen molar-refractivity contribution in [2.45, 2.75) is 91.5 Å². The molecule has 2 fully saturated rings. The van der Waals surface area contributed by atoms with Crippen LogP contribution in [-0.4, -0.2) is 316 Å². The number of esters is 5. The summed E-state index contributed by atoms with van der Waals surface area (Å²) in [5.41, 5.74) is 1.28. The molecule has 2 saturated heterocycles. The Balaban J connectivity index is -0.000000424. The number of carbonyl (C=O) groups is 9. The molecule has 0 spiro atoms. The van der Waals surface area contributed by atoms with E-state index in [1.165, 1.54) is 46.8 Å². The molecule has 2 heterocycles. The van der Waals surface area contributed by atoms with Crippen LogP contribution in [0, 0.1) is 11.5 Å². The minimum absolute atomic E-state index is 0.0169. The van der Waals surface area contributed by atoms with Crippen LogP contribution in [0.2, 0.25) is 0 Å². The summed E-state index contributed by atoms with van der Waals surface area (Å²) in [6.07, 6.45) is 0.846. The van der Waals surface area contributed by atoms with Gasteiger partial charge in [0, 0.05) is 67.0 Å². The second-order valence-electron chi connectivity index (χ2n) is 22.8. The van der Waals surface area contributed by atoms with Crippen LogP contribution in [0.15, 0.2) is 60.8 Å². The summed E-state index contributed by atoms with van der Waals surface area (Å²) in [5, 5.41) is 41.6. The number of nitriles is 1. The predicted molar refractivity (Wildman–Crippen MR) is 369 cm³/mol. The van der Waals surface area contributed by atoms with E-state index in [1.54, 1.807) is 40.0 Å². The molecule has 39 heteroatoms. The second kappa shape index (κ2) is 62.7. The van der Waals surface area contributed by atoms with Crippen molar-refractivity contribution in [3.8, 4) is 6.26 Å². The Morgan fingerprint density at radius 3 is 1.23 bits per heavy atom. The maximum Gasteiger partial charge on any atom is 0.407 e. The Morgan fingerprint density at radius 2 is 0.931 bits per heavy atom. The number of ether oxygens (including phenoxy) is 11. The van der Waals surface area contributed by atoms with Crippen molar-refractivity contribution >= 4 is 74.5 Å². The number of hydrogen-bond acceptors (Lipinski definition) is 32. The van der Waals surface area contributed by atoms with Gasteiger partial charge in [0.2, 0.25) is 0 Å². The third-order valence-corrected chi connectivity index (χ3v) is 13.4. The molecule has 102 heavy (non-hydrogen) atoms. The molecule has 0 aromatic rings. The molecule has 2 aliphatic heterocycles. The molecule has 3 unspecified atom stereocenters. The molecule has 4 amide bonds. The van der Waals surface area contributed by atoms with Crippen molar-refractivity contribution in [1.82, 2.24) is 31.1 Å². The Bertz CT molecular complexity index is 2770. The van der Waals surface area contributed by atoms with Crippen LogP contribution < -0.4 is 21.3 Å². The average molecular weight is 1510 g/mol. The number of nitrogens with zero attached hydrogens (tertiary/aromatic N) is 4. The quantitative estimate of drug-likeness (QED) is 0.00665. The summed E-state index contributed by atoms with van der Waals surface area (Å²) < 4.78 is 112. The summed E-state index contributed by atoms with van der Waals surface area (Å²) in [4.78, 5) is 107. The Hall–Kier alpha value is -8.04. The summed E-state index contributed by atoms with van der Waals surface area (Å²) >= 11 is 0. The van der Waals surface area contributed by atoms with E-state index in [1.807, 2.05) is 19.0 Å². The van der Waals surface area contributed by atoms with Crippen molar-refractivity contribution in [3.05, 3.63) is 60.8 Å². The van der Waals surface area contributed by atoms with Crippen LogP contribution in [0.5, 0.6) is 0 Å². The number of nitrogens with one attached hydrogen (secondary N) is 4. The highest BCUT2D eigenvalue weighted by molar-refractivity contribution is 7.86. The zero-order chi connectivity index (χ0) is 79.3. The number of likely N-dealkylation sites (N-methyl/N-ethyl adjacent to an activating group) is 3. The number of quaternary nitrogens is 1. The molecule has 0 aliphatic carbocycles. The minimum atomic E-state index is -4.31. The van der Waals surface area contributed by atoms with E-state index in [4.69, 9.17) is 63.2 Å². The third-order valence-electron chi connectivity index (χ3n) is 11.3. The van der Waals surface area contributed by atoms with E-state index in [0.29, 0.717) is 38.2 Å². The lowest BCUT2D eigenvalue weighted by atomic mass is 10.2. The maximum absolute atomic E-state index is 12.3. The highest BCUT2D eigenvalue weighted by Crippen LogP contribution is 2.10. The molecule has 3 atom stereocenters. The first-order valence-electron chi connectivity index (χ1n) is 31.7.